The van der Waals surface area contributed by atoms with Crippen LogP contribution in [-0.2, 0) is 19.4 Å². The standard InChI is InChI=1S/C17H19BrN2O6S/c1-27(24,25)9-4-14(17(23)19-5-7-26-8-6-19)20-15(21)12-3-2-11(18)10-13(12)16(20)22/h2-3,10,14H,4-9H2,1H3. The number of amides is 3. The average molecular weight is 459 g/mol. The minimum Gasteiger partial charge on any atom is -0.378 e. The van der Waals surface area contributed by atoms with Crippen molar-refractivity contribution in [2.75, 3.05) is 38.3 Å². The van der Waals surface area contributed by atoms with Crippen LogP contribution in [0.3, 0.4) is 0 Å². The Hall–Kier alpha value is -1.78. The fourth-order valence-corrected chi connectivity index (χ4v) is 4.21. The van der Waals surface area contributed by atoms with Crippen molar-refractivity contribution >= 4 is 43.5 Å². The molecule has 1 atom stereocenters. The Bertz CT molecular complexity index is 895. The van der Waals surface area contributed by atoms with Gasteiger partial charge in [0.1, 0.15) is 15.9 Å². The lowest BCUT2D eigenvalue weighted by Crippen LogP contribution is -2.54. The smallest absolute Gasteiger partial charge is 0.262 e. The van der Waals surface area contributed by atoms with E-state index in [9.17, 15) is 22.8 Å². The maximum atomic E-state index is 13.0. The zero-order valence-electron chi connectivity index (χ0n) is 14.7. The van der Waals surface area contributed by atoms with E-state index in [4.69, 9.17) is 4.74 Å². The van der Waals surface area contributed by atoms with E-state index in [1.807, 2.05) is 0 Å². The number of hydrogen-bond acceptors (Lipinski definition) is 6. The molecule has 2 heterocycles. The molecule has 0 N–H and O–H groups in total. The number of sulfone groups is 1. The van der Waals surface area contributed by atoms with Crippen LogP contribution >= 0.6 is 15.9 Å². The van der Waals surface area contributed by atoms with E-state index >= 15 is 0 Å². The first-order valence-corrected chi connectivity index (χ1v) is 11.3. The molecular formula is C17H19BrN2O6S. The molecule has 1 fully saturated rings. The monoisotopic (exact) mass is 458 g/mol. The molecule has 2 aliphatic rings. The van der Waals surface area contributed by atoms with E-state index < -0.39 is 33.6 Å². The molecule has 10 heteroatoms. The molecule has 0 saturated carbocycles. The van der Waals surface area contributed by atoms with E-state index in [1.54, 1.807) is 6.07 Å². The van der Waals surface area contributed by atoms with E-state index in [1.165, 1.54) is 17.0 Å². The summed E-state index contributed by atoms with van der Waals surface area (Å²) in [4.78, 5) is 41.1. The van der Waals surface area contributed by atoms with Crippen molar-refractivity contribution in [3.63, 3.8) is 0 Å². The van der Waals surface area contributed by atoms with Crippen LogP contribution in [0.1, 0.15) is 27.1 Å². The number of fused-ring (bicyclic) bond motifs is 1. The Morgan fingerprint density at radius 2 is 1.81 bits per heavy atom. The number of nitrogens with zero attached hydrogens (tertiary/aromatic N) is 2. The molecule has 27 heavy (non-hydrogen) atoms. The topological polar surface area (TPSA) is 101 Å². The van der Waals surface area contributed by atoms with Crippen LogP contribution in [0.5, 0.6) is 0 Å². The van der Waals surface area contributed by atoms with Gasteiger partial charge in [0, 0.05) is 23.8 Å². The molecule has 8 nitrogen and oxygen atoms in total. The van der Waals surface area contributed by atoms with Gasteiger partial charge >= 0.3 is 0 Å². The number of imide groups is 1. The van der Waals surface area contributed by atoms with Gasteiger partial charge in [0.2, 0.25) is 5.91 Å². The summed E-state index contributed by atoms with van der Waals surface area (Å²) in [6.45, 7) is 1.39. The van der Waals surface area contributed by atoms with Gasteiger partial charge in [-0.05, 0) is 24.6 Å². The number of hydrogen-bond donors (Lipinski definition) is 0. The molecule has 1 aromatic carbocycles. The van der Waals surface area contributed by atoms with Crippen molar-refractivity contribution in [3.05, 3.63) is 33.8 Å². The lowest BCUT2D eigenvalue weighted by Gasteiger charge is -2.33. The van der Waals surface area contributed by atoms with E-state index in [0.717, 1.165) is 11.2 Å². The van der Waals surface area contributed by atoms with Crippen LogP contribution in [0.4, 0.5) is 0 Å². The average Bonchev–Trinajstić information content (AvgIpc) is 2.86. The van der Waals surface area contributed by atoms with Gasteiger partial charge in [-0.2, -0.15) is 0 Å². The molecule has 0 aromatic heterocycles. The fourth-order valence-electron chi connectivity index (χ4n) is 3.20. The maximum Gasteiger partial charge on any atom is 0.262 e. The summed E-state index contributed by atoms with van der Waals surface area (Å²) in [5.41, 5.74) is 0.413. The van der Waals surface area contributed by atoms with Gasteiger partial charge in [0.15, 0.2) is 0 Å². The maximum absolute atomic E-state index is 13.0. The minimum atomic E-state index is -3.37. The van der Waals surface area contributed by atoms with Crippen LogP contribution in [0.2, 0.25) is 0 Å². The SMILES string of the molecule is CS(=O)(=O)CCC(C(=O)N1CCOCC1)N1C(=O)c2ccc(Br)cc2C1=O. The largest absolute Gasteiger partial charge is 0.378 e. The highest BCUT2D eigenvalue weighted by Gasteiger charge is 2.44. The van der Waals surface area contributed by atoms with Gasteiger partial charge in [-0.25, -0.2) is 8.42 Å². The predicted molar refractivity (Wildman–Crippen MR) is 100 cm³/mol. The summed E-state index contributed by atoms with van der Waals surface area (Å²) in [6.07, 6.45) is 0.921. The first-order valence-electron chi connectivity index (χ1n) is 8.41. The van der Waals surface area contributed by atoms with Crippen molar-refractivity contribution in [3.8, 4) is 0 Å². The molecule has 3 rings (SSSR count). The summed E-state index contributed by atoms with van der Waals surface area (Å²) < 4.78 is 29.1. The summed E-state index contributed by atoms with van der Waals surface area (Å²) in [5.74, 6) is -1.90. The van der Waals surface area contributed by atoms with Crippen LogP contribution in [0.25, 0.3) is 0 Å². The molecule has 0 aliphatic carbocycles. The van der Waals surface area contributed by atoms with Crippen LogP contribution < -0.4 is 0 Å². The van der Waals surface area contributed by atoms with Gasteiger partial charge < -0.3 is 9.64 Å². The number of morpholine rings is 1. The molecule has 3 amide bonds. The van der Waals surface area contributed by atoms with Crippen LogP contribution in [0.15, 0.2) is 22.7 Å². The predicted octanol–water partition coefficient (Wildman–Crippen LogP) is 0.707. The van der Waals surface area contributed by atoms with Gasteiger partial charge in [-0.3, -0.25) is 19.3 Å². The number of carbonyl (C=O) groups is 3. The van der Waals surface area contributed by atoms with E-state index in [-0.39, 0.29) is 23.3 Å². The summed E-state index contributed by atoms with van der Waals surface area (Å²) in [7, 11) is -3.37. The molecule has 146 valence electrons. The minimum absolute atomic E-state index is 0.137. The second kappa shape index (κ2) is 7.69. The van der Waals surface area contributed by atoms with E-state index in [0.29, 0.717) is 30.8 Å². The molecule has 0 bridgehead atoms. The second-order valence-corrected chi connectivity index (χ2v) is 9.72. The first kappa shape index (κ1) is 20.0. The second-order valence-electron chi connectivity index (χ2n) is 6.54. The Labute approximate surface area is 165 Å². The number of benzene rings is 1. The summed E-state index contributed by atoms with van der Waals surface area (Å²) in [6, 6.07) is 3.53. The molecule has 2 aliphatic heterocycles. The number of ether oxygens (including phenoxy) is 1. The highest BCUT2D eigenvalue weighted by atomic mass is 79.9. The number of carbonyl (C=O) groups excluding carboxylic acids is 3. The van der Waals surface area contributed by atoms with Crippen molar-refractivity contribution in [1.29, 1.82) is 0 Å². The lowest BCUT2D eigenvalue weighted by atomic mass is 10.1. The Kier molecular flexibility index (Phi) is 5.68. The third kappa shape index (κ3) is 4.22. The summed E-state index contributed by atoms with van der Waals surface area (Å²) >= 11 is 3.27. The molecular weight excluding hydrogens is 440 g/mol. The third-order valence-corrected chi connectivity index (χ3v) is 6.03. The Morgan fingerprint density at radius 1 is 1.19 bits per heavy atom. The van der Waals surface area contributed by atoms with Gasteiger partial charge in [0.25, 0.3) is 11.8 Å². The van der Waals surface area contributed by atoms with Gasteiger partial charge in [-0.1, -0.05) is 15.9 Å². The Balaban J connectivity index is 1.93. The first-order chi connectivity index (χ1) is 12.7. The molecule has 1 unspecified atom stereocenters. The number of halogens is 1. The highest BCUT2D eigenvalue weighted by molar-refractivity contribution is 9.10. The zero-order valence-corrected chi connectivity index (χ0v) is 17.1. The van der Waals surface area contributed by atoms with Crippen LogP contribution in [0, 0.1) is 0 Å². The van der Waals surface area contributed by atoms with Crippen molar-refractivity contribution in [2.24, 2.45) is 0 Å². The van der Waals surface area contributed by atoms with Crippen molar-refractivity contribution < 1.29 is 27.5 Å². The number of rotatable bonds is 5. The van der Waals surface area contributed by atoms with Crippen molar-refractivity contribution in [2.45, 2.75) is 12.5 Å². The summed E-state index contributed by atoms with van der Waals surface area (Å²) in [5, 5.41) is 0. The molecule has 1 aromatic rings. The normalized spacial score (nSPS) is 18.6. The van der Waals surface area contributed by atoms with Crippen LogP contribution in [-0.4, -0.2) is 80.3 Å². The molecule has 0 spiro atoms. The zero-order chi connectivity index (χ0) is 19.8. The Morgan fingerprint density at radius 3 is 2.44 bits per heavy atom. The third-order valence-electron chi connectivity index (χ3n) is 4.56. The van der Waals surface area contributed by atoms with Crippen molar-refractivity contribution in [1.82, 2.24) is 9.80 Å². The lowest BCUT2D eigenvalue weighted by molar-refractivity contribution is -0.139. The molecule has 1 saturated heterocycles. The molecule has 0 radical (unpaired) electrons. The van der Waals surface area contributed by atoms with Gasteiger partial charge in [0.05, 0.1) is 30.1 Å². The van der Waals surface area contributed by atoms with Gasteiger partial charge in [-0.15, -0.1) is 0 Å². The van der Waals surface area contributed by atoms with E-state index in [2.05, 4.69) is 15.9 Å². The quantitative estimate of drug-likeness (QED) is 0.602. The fraction of sp³-hybridized carbons (Fsp3) is 0.471. The highest BCUT2D eigenvalue weighted by Crippen LogP contribution is 2.29.